The van der Waals surface area contributed by atoms with Crippen molar-refractivity contribution in [3.05, 3.63) is 59.9 Å². The number of hydrogen-bond donors (Lipinski definition) is 2. The van der Waals surface area contributed by atoms with E-state index in [0.717, 1.165) is 58.4 Å². The number of guanidine groups is 1. The SMILES string of the molecule is CCNC(=NCc1ccc(CN2CCOCC2)cc1)NCCn1cccc1. The van der Waals surface area contributed by atoms with Crippen LogP contribution < -0.4 is 10.6 Å². The van der Waals surface area contributed by atoms with Gasteiger partial charge in [-0.05, 0) is 30.2 Å². The molecule has 0 aliphatic carbocycles. The molecule has 1 saturated heterocycles. The van der Waals surface area contributed by atoms with Crippen LogP contribution >= 0.6 is 0 Å². The highest BCUT2D eigenvalue weighted by Gasteiger charge is 2.10. The average molecular weight is 370 g/mol. The molecule has 2 N–H and O–H groups in total. The molecule has 0 spiro atoms. The highest BCUT2D eigenvalue weighted by Crippen LogP contribution is 2.10. The van der Waals surface area contributed by atoms with Crippen molar-refractivity contribution < 1.29 is 4.74 Å². The molecule has 1 aliphatic heterocycles. The van der Waals surface area contributed by atoms with Crippen LogP contribution in [0, 0.1) is 0 Å². The third-order valence-electron chi connectivity index (χ3n) is 4.63. The number of benzene rings is 1. The van der Waals surface area contributed by atoms with Crippen LogP contribution in [0.2, 0.25) is 0 Å². The second-order valence-corrected chi connectivity index (χ2v) is 6.75. The molecule has 1 fully saturated rings. The minimum absolute atomic E-state index is 0.677. The van der Waals surface area contributed by atoms with Gasteiger partial charge in [0, 0.05) is 51.7 Å². The van der Waals surface area contributed by atoms with Gasteiger partial charge in [0.25, 0.3) is 0 Å². The molecule has 0 radical (unpaired) electrons. The Labute approximate surface area is 162 Å². The van der Waals surface area contributed by atoms with Gasteiger partial charge in [0.05, 0.1) is 19.8 Å². The van der Waals surface area contributed by atoms with Gasteiger partial charge in [-0.1, -0.05) is 24.3 Å². The van der Waals surface area contributed by atoms with E-state index in [9.17, 15) is 0 Å². The average Bonchev–Trinajstić information content (AvgIpc) is 3.21. The zero-order chi connectivity index (χ0) is 18.7. The van der Waals surface area contributed by atoms with Crippen molar-refractivity contribution in [3.63, 3.8) is 0 Å². The van der Waals surface area contributed by atoms with Crippen LogP contribution in [0.4, 0.5) is 0 Å². The summed E-state index contributed by atoms with van der Waals surface area (Å²) in [6, 6.07) is 12.9. The van der Waals surface area contributed by atoms with Crippen LogP contribution in [0.3, 0.4) is 0 Å². The number of nitrogens with zero attached hydrogens (tertiary/aromatic N) is 3. The minimum atomic E-state index is 0.677. The van der Waals surface area contributed by atoms with Gasteiger partial charge in [0.15, 0.2) is 5.96 Å². The molecular weight excluding hydrogens is 338 g/mol. The van der Waals surface area contributed by atoms with Crippen molar-refractivity contribution in [2.75, 3.05) is 39.4 Å². The Bertz CT molecular complexity index is 675. The highest BCUT2D eigenvalue weighted by atomic mass is 16.5. The Balaban J connectivity index is 1.47. The van der Waals surface area contributed by atoms with Crippen LogP contribution in [0.15, 0.2) is 53.8 Å². The van der Waals surface area contributed by atoms with E-state index in [1.165, 1.54) is 11.1 Å². The fraction of sp³-hybridized carbons (Fsp3) is 0.476. The molecule has 0 unspecified atom stereocenters. The molecule has 2 aromatic rings. The van der Waals surface area contributed by atoms with E-state index in [1.807, 2.05) is 12.1 Å². The lowest BCUT2D eigenvalue weighted by atomic mass is 10.1. The number of morpholine rings is 1. The molecule has 146 valence electrons. The molecule has 3 rings (SSSR count). The van der Waals surface area contributed by atoms with E-state index < -0.39 is 0 Å². The number of aliphatic imine (C=N–C) groups is 1. The van der Waals surface area contributed by atoms with Crippen molar-refractivity contribution >= 4 is 5.96 Å². The first-order chi connectivity index (χ1) is 13.3. The normalized spacial score (nSPS) is 15.7. The predicted molar refractivity (Wildman–Crippen MR) is 110 cm³/mol. The number of aromatic nitrogens is 1. The summed E-state index contributed by atoms with van der Waals surface area (Å²) in [5.41, 5.74) is 2.57. The van der Waals surface area contributed by atoms with E-state index in [-0.39, 0.29) is 0 Å². The maximum Gasteiger partial charge on any atom is 0.191 e. The topological polar surface area (TPSA) is 53.8 Å². The molecule has 1 aromatic heterocycles. The molecule has 0 atom stereocenters. The number of ether oxygens (including phenoxy) is 1. The quantitative estimate of drug-likeness (QED) is 0.553. The van der Waals surface area contributed by atoms with Crippen molar-refractivity contribution in [2.24, 2.45) is 4.99 Å². The van der Waals surface area contributed by atoms with Gasteiger partial charge in [-0.15, -0.1) is 0 Å². The summed E-state index contributed by atoms with van der Waals surface area (Å²) in [6.07, 6.45) is 4.15. The third kappa shape index (κ3) is 6.73. The first kappa shape index (κ1) is 19.5. The van der Waals surface area contributed by atoms with Crippen LogP contribution in [0.25, 0.3) is 0 Å². The smallest absolute Gasteiger partial charge is 0.191 e. The summed E-state index contributed by atoms with van der Waals surface area (Å²) >= 11 is 0. The van der Waals surface area contributed by atoms with E-state index >= 15 is 0 Å². The van der Waals surface area contributed by atoms with Gasteiger partial charge in [-0.25, -0.2) is 4.99 Å². The predicted octanol–water partition coefficient (Wildman–Crippen LogP) is 2.08. The molecule has 0 bridgehead atoms. The molecular formula is C21H31N5O. The third-order valence-corrected chi connectivity index (χ3v) is 4.63. The highest BCUT2D eigenvalue weighted by molar-refractivity contribution is 5.79. The summed E-state index contributed by atoms with van der Waals surface area (Å²) in [4.78, 5) is 7.15. The number of hydrogen-bond acceptors (Lipinski definition) is 3. The lowest BCUT2D eigenvalue weighted by Crippen LogP contribution is -2.38. The van der Waals surface area contributed by atoms with Crippen molar-refractivity contribution in [3.8, 4) is 0 Å². The Morgan fingerprint density at radius 1 is 1.04 bits per heavy atom. The van der Waals surface area contributed by atoms with Crippen molar-refractivity contribution in [1.82, 2.24) is 20.1 Å². The molecule has 1 aromatic carbocycles. The molecule has 0 amide bonds. The fourth-order valence-corrected chi connectivity index (χ4v) is 3.10. The standard InChI is InChI=1S/C21H31N5O/c1-2-22-21(23-9-12-25-10-3-4-11-25)24-17-19-5-7-20(8-6-19)18-26-13-15-27-16-14-26/h3-8,10-11H,2,9,12-18H2,1H3,(H2,22,23,24). The van der Waals surface area contributed by atoms with Gasteiger partial charge < -0.3 is 19.9 Å². The van der Waals surface area contributed by atoms with Gasteiger partial charge >= 0.3 is 0 Å². The summed E-state index contributed by atoms with van der Waals surface area (Å²) in [5.74, 6) is 0.863. The molecule has 6 nitrogen and oxygen atoms in total. The summed E-state index contributed by atoms with van der Waals surface area (Å²) in [5, 5.41) is 6.70. The van der Waals surface area contributed by atoms with Crippen molar-refractivity contribution in [2.45, 2.75) is 26.6 Å². The van der Waals surface area contributed by atoms with E-state index in [4.69, 9.17) is 9.73 Å². The molecule has 6 heteroatoms. The van der Waals surface area contributed by atoms with Gasteiger partial charge in [0.2, 0.25) is 0 Å². The number of rotatable bonds is 8. The molecule has 2 heterocycles. The second-order valence-electron chi connectivity index (χ2n) is 6.75. The molecule has 1 aliphatic rings. The maximum atomic E-state index is 5.41. The monoisotopic (exact) mass is 369 g/mol. The summed E-state index contributed by atoms with van der Waals surface area (Å²) in [6.45, 7) is 10.1. The Morgan fingerprint density at radius 2 is 1.74 bits per heavy atom. The maximum absolute atomic E-state index is 5.41. The zero-order valence-corrected chi connectivity index (χ0v) is 16.2. The van der Waals surface area contributed by atoms with Crippen molar-refractivity contribution in [1.29, 1.82) is 0 Å². The summed E-state index contributed by atoms with van der Waals surface area (Å²) in [7, 11) is 0. The van der Waals surface area contributed by atoms with E-state index in [0.29, 0.717) is 6.54 Å². The minimum Gasteiger partial charge on any atom is -0.379 e. The Morgan fingerprint density at radius 3 is 2.44 bits per heavy atom. The first-order valence-corrected chi connectivity index (χ1v) is 9.84. The van der Waals surface area contributed by atoms with Gasteiger partial charge in [0.1, 0.15) is 0 Å². The molecule has 0 saturated carbocycles. The second kappa shape index (κ2) is 10.7. The number of nitrogens with one attached hydrogen (secondary N) is 2. The molecule has 27 heavy (non-hydrogen) atoms. The largest absolute Gasteiger partial charge is 0.379 e. The zero-order valence-electron chi connectivity index (χ0n) is 16.2. The van der Waals surface area contributed by atoms with Crippen LogP contribution in [-0.2, 0) is 24.4 Å². The van der Waals surface area contributed by atoms with Gasteiger partial charge in [-0.2, -0.15) is 0 Å². The Kier molecular flexibility index (Phi) is 7.74. The summed E-state index contributed by atoms with van der Waals surface area (Å²) < 4.78 is 7.57. The van der Waals surface area contributed by atoms with Crippen LogP contribution in [0.1, 0.15) is 18.1 Å². The lowest BCUT2D eigenvalue weighted by Gasteiger charge is -2.26. The van der Waals surface area contributed by atoms with Crippen LogP contribution in [-0.4, -0.2) is 54.8 Å². The fourth-order valence-electron chi connectivity index (χ4n) is 3.10. The van der Waals surface area contributed by atoms with E-state index in [2.05, 4.69) is 63.7 Å². The van der Waals surface area contributed by atoms with Crippen LogP contribution in [0.5, 0.6) is 0 Å². The van der Waals surface area contributed by atoms with E-state index in [1.54, 1.807) is 0 Å². The lowest BCUT2D eigenvalue weighted by molar-refractivity contribution is 0.0342. The first-order valence-electron chi connectivity index (χ1n) is 9.84. The Hall–Kier alpha value is -2.31. The van der Waals surface area contributed by atoms with Gasteiger partial charge in [-0.3, -0.25) is 4.90 Å².